The molecule has 53 heavy (non-hydrogen) atoms. The third kappa shape index (κ3) is 7.95. The first kappa shape index (κ1) is 35.5. The molecule has 2 aliphatic rings. The number of aromatic hydroxyl groups is 2. The van der Waals surface area contributed by atoms with E-state index in [0.717, 1.165) is 11.1 Å². The van der Waals surface area contributed by atoms with E-state index in [9.17, 15) is 30.0 Å². The van der Waals surface area contributed by atoms with Crippen molar-refractivity contribution < 1.29 is 34.8 Å². The average Bonchev–Trinajstić information content (AvgIpc) is 3.88. The van der Waals surface area contributed by atoms with E-state index in [1.54, 1.807) is 55.5 Å². The Morgan fingerprint density at radius 1 is 0.906 bits per heavy atom. The smallest absolute Gasteiger partial charge is 0.412 e. The number of aliphatic hydroxyl groups is 2. The van der Waals surface area contributed by atoms with Crippen molar-refractivity contribution in [2.75, 3.05) is 29.9 Å². The third-order valence-corrected chi connectivity index (χ3v) is 9.86. The molecule has 2 aromatic heterocycles. The molecule has 0 bridgehead atoms. The fourth-order valence-corrected chi connectivity index (χ4v) is 6.99. The second-order valence-electron chi connectivity index (χ2n) is 13.4. The van der Waals surface area contributed by atoms with Crippen LogP contribution in [-0.4, -0.2) is 96.3 Å². The summed E-state index contributed by atoms with van der Waals surface area (Å²) in [4.78, 5) is 44.6. The van der Waals surface area contributed by atoms with Gasteiger partial charge in [-0.1, -0.05) is 49.4 Å². The molecule has 3 heterocycles. The quantitative estimate of drug-likeness (QED) is 0.0983. The SMILES string of the molecule is CCC(=O)N[C@H]1C[C@H](c2nc3c(NCC(c4ccc(O)cc4)c4ccc(O)cc4)nc(N4CC[C@@H](NC(=O)Oc5ccccc5)C4)nc3[nH]2)[C@H](O)[C@@H]1O. The van der Waals surface area contributed by atoms with Crippen LogP contribution in [0.2, 0.25) is 0 Å². The molecular weight excluding hydrogens is 680 g/mol. The van der Waals surface area contributed by atoms with E-state index < -0.39 is 30.3 Å². The van der Waals surface area contributed by atoms with Crippen molar-refractivity contribution in [3.05, 3.63) is 95.8 Å². The van der Waals surface area contributed by atoms with Crippen LogP contribution in [0.1, 0.15) is 55.0 Å². The number of aromatic amines is 1. The van der Waals surface area contributed by atoms with E-state index in [1.165, 1.54) is 0 Å². The molecule has 0 unspecified atom stereocenters. The van der Waals surface area contributed by atoms with E-state index in [2.05, 4.69) is 20.9 Å². The lowest BCUT2D eigenvalue weighted by Gasteiger charge is -2.21. The molecule has 0 spiro atoms. The second kappa shape index (κ2) is 15.4. The number of phenols is 2. The van der Waals surface area contributed by atoms with Crippen molar-refractivity contribution in [2.45, 2.75) is 62.3 Å². The Morgan fingerprint density at radius 2 is 1.58 bits per heavy atom. The molecule has 15 heteroatoms. The van der Waals surface area contributed by atoms with Crippen LogP contribution in [0, 0.1) is 0 Å². The molecule has 7 rings (SSSR count). The lowest BCUT2D eigenvalue weighted by atomic mass is 9.91. The molecule has 276 valence electrons. The van der Waals surface area contributed by atoms with Crippen LogP contribution in [0.5, 0.6) is 17.2 Å². The van der Waals surface area contributed by atoms with E-state index in [0.29, 0.717) is 60.6 Å². The first-order valence-electron chi connectivity index (χ1n) is 17.7. The van der Waals surface area contributed by atoms with Crippen molar-refractivity contribution in [3.63, 3.8) is 0 Å². The summed E-state index contributed by atoms with van der Waals surface area (Å²) < 4.78 is 5.42. The normalized spacial score (nSPS) is 21.2. The molecule has 5 aromatic rings. The number of amides is 2. The number of hydrogen-bond donors (Lipinski definition) is 8. The van der Waals surface area contributed by atoms with Crippen LogP contribution in [0.15, 0.2) is 78.9 Å². The van der Waals surface area contributed by atoms with Gasteiger partial charge in [-0.05, 0) is 60.4 Å². The van der Waals surface area contributed by atoms with E-state index in [-0.39, 0.29) is 42.2 Å². The average molecular weight is 723 g/mol. The monoisotopic (exact) mass is 722 g/mol. The summed E-state index contributed by atoms with van der Waals surface area (Å²) in [6.45, 7) is 3.04. The molecular formula is C38H42N8O7. The number of nitrogens with zero attached hydrogens (tertiary/aromatic N) is 4. The standard InChI is InChI=1S/C38H42N8O7/c1-2-30(49)41-29-18-27(32(50)33(29)51)34-42-31-35(39-19-28(21-8-12-24(47)13-9-21)22-10-14-25(48)15-11-22)44-37(45-36(31)43-34)46-17-16-23(20-46)40-38(52)53-26-6-4-3-5-7-26/h3-15,23,27-29,32-33,47-48,50-51H,2,16-20H2,1H3,(H,40,52)(H,41,49)(H2,39,42,43,44,45)/t23-,27+,29+,32+,33-/m1/s1. The van der Waals surface area contributed by atoms with E-state index >= 15 is 0 Å². The second-order valence-corrected chi connectivity index (χ2v) is 13.4. The fourth-order valence-electron chi connectivity index (χ4n) is 6.99. The topological polar surface area (TPSA) is 218 Å². The minimum atomic E-state index is -1.18. The number of fused-ring (bicyclic) bond motifs is 1. The largest absolute Gasteiger partial charge is 0.508 e. The molecule has 1 aliphatic heterocycles. The maximum absolute atomic E-state index is 12.6. The number of anilines is 2. The van der Waals surface area contributed by atoms with Crippen LogP contribution in [0.25, 0.3) is 11.2 Å². The molecule has 1 aliphatic carbocycles. The Labute approximate surface area is 305 Å². The molecule has 5 atom stereocenters. The number of imidazole rings is 1. The van der Waals surface area contributed by atoms with Crippen molar-refractivity contribution >= 4 is 34.9 Å². The number of aliphatic hydroxyl groups excluding tert-OH is 2. The summed E-state index contributed by atoms with van der Waals surface area (Å²) in [6.07, 6.45) is -1.78. The van der Waals surface area contributed by atoms with Gasteiger partial charge in [0.05, 0.1) is 18.2 Å². The molecule has 15 nitrogen and oxygen atoms in total. The number of benzene rings is 3. The van der Waals surface area contributed by atoms with Gasteiger partial charge in [0.2, 0.25) is 11.9 Å². The maximum Gasteiger partial charge on any atom is 0.412 e. The highest BCUT2D eigenvalue weighted by Gasteiger charge is 2.44. The number of aromatic nitrogens is 4. The number of carbonyl (C=O) groups excluding carboxylic acids is 2. The third-order valence-electron chi connectivity index (χ3n) is 9.86. The highest BCUT2D eigenvalue weighted by Crippen LogP contribution is 2.36. The van der Waals surface area contributed by atoms with E-state index in [1.807, 2.05) is 35.2 Å². The van der Waals surface area contributed by atoms with Crippen molar-refractivity contribution in [1.82, 2.24) is 30.6 Å². The van der Waals surface area contributed by atoms with Crippen LogP contribution >= 0.6 is 0 Å². The molecule has 2 amide bonds. The van der Waals surface area contributed by atoms with Crippen LogP contribution < -0.4 is 25.6 Å². The van der Waals surface area contributed by atoms with Gasteiger partial charge in [0.1, 0.15) is 29.2 Å². The van der Waals surface area contributed by atoms with Gasteiger partial charge < -0.3 is 51.0 Å². The van der Waals surface area contributed by atoms with Crippen LogP contribution in [-0.2, 0) is 4.79 Å². The fraction of sp³-hybridized carbons (Fsp3) is 0.342. The lowest BCUT2D eigenvalue weighted by molar-refractivity contribution is -0.122. The number of H-pyrrole nitrogens is 1. The van der Waals surface area contributed by atoms with Crippen molar-refractivity contribution in [1.29, 1.82) is 0 Å². The van der Waals surface area contributed by atoms with Gasteiger partial charge in [0.15, 0.2) is 17.0 Å². The highest BCUT2D eigenvalue weighted by atomic mass is 16.6. The Morgan fingerprint density at radius 3 is 2.25 bits per heavy atom. The lowest BCUT2D eigenvalue weighted by Crippen LogP contribution is -2.42. The minimum Gasteiger partial charge on any atom is -0.508 e. The zero-order valence-electron chi connectivity index (χ0n) is 29.0. The van der Waals surface area contributed by atoms with Crippen molar-refractivity contribution in [2.24, 2.45) is 0 Å². The number of carbonyl (C=O) groups is 2. The molecule has 3 aromatic carbocycles. The van der Waals surface area contributed by atoms with Gasteiger partial charge in [-0.2, -0.15) is 9.97 Å². The number of phenolic OH excluding ortho intramolecular Hbond substituents is 2. The zero-order valence-corrected chi connectivity index (χ0v) is 29.0. The molecule has 1 saturated heterocycles. The van der Waals surface area contributed by atoms with Crippen LogP contribution in [0.4, 0.5) is 16.6 Å². The predicted octanol–water partition coefficient (Wildman–Crippen LogP) is 3.48. The summed E-state index contributed by atoms with van der Waals surface area (Å²) in [7, 11) is 0. The number of hydrogen-bond acceptors (Lipinski definition) is 12. The number of rotatable bonds is 11. The summed E-state index contributed by atoms with van der Waals surface area (Å²) >= 11 is 0. The molecule has 8 N–H and O–H groups in total. The summed E-state index contributed by atoms with van der Waals surface area (Å²) in [5.41, 5.74) is 2.64. The first-order valence-corrected chi connectivity index (χ1v) is 17.7. The number of para-hydroxylation sites is 1. The Kier molecular flexibility index (Phi) is 10.3. The van der Waals surface area contributed by atoms with Gasteiger partial charge in [-0.3, -0.25) is 4.79 Å². The summed E-state index contributed by atoms with van der Waals surface area (Å²) in [5.74, 6) is 0.852. The zero-order chi connectivity index (χ0) is 37.1. The first-order chi connectivity index (χ1) is 25.6. The Bertz CT molecular complexity index is 2000. The molecule has 2 fully saturated rings. The van der Waals surface area contributed by atoms with Gasteiger partial charge in [-0.15, -0.1) is 0 Å². The van der Waals surface area contributed by atoms with Gasteiger partial charge in [0, 0.05) is 37.9 Å². The maximum atomic E-state index is 12.6. The number of ether oxygens (including phenoxy) is 1. The van der Waals surface area contributed by atoms with E-state index in [4.69, 9.17) is 19.7 Å². The Balaban J connectivity index is 1.18. The van der Waals surface area contributed by atoms with Crippen LogP contribution in [0.3, 0.4) is 0 Å². The predicted molar refractivity (Wildman–Crippen MR) is 196 cm³/mol. The number of nitrogens with one attached hydrogen (secondary N) is 4. The van der Waals surface area contributed by atoms with Gasteiger partial charge >= 0.3 is 6.09 Å². The molecule has 0 radical (unpaired) electrons. The van der Waals surface area contributed by atoms with Crippen molar-refractivity contribution in [3.8, 4) is 17.2 Å². The van der Waals surface area contributed by atoms with Gasteiger partial charge in [0.25, 0.3) is 0 Å². The Hall–Kier alpha value is -5.93. The summed E-state index contributed by atoms with van der Waals surface area (Å²) in [5, 5.41) is 51.0. The molecule has 1 saturated carbocycles. The minimum absolute atomic E-state index is 0.139. The summed E-state index contributed by atoms with van der Waals surface area (Å²) in [6, 6.07) is 21.8. The highest BCUT2D eigenvalue weighted by molar-refractivity contribution is 5.84. The van der Waals surface area contributed by atoms with Gasteiger partial charge in [-0.25, -0.2) is 9.78 Å².